The second-order valence-electron chi connectivity index (χ2n) is 6.72. The Kier molecular flexibility index (Phi) is 6.30. The smallest absolute Gasteiger partial charge is 0.263 e. The summed E-state index contributed by atoms with van der Waals surface area (Å²) in [7, 11) is -3.65. The Balaban J connectivity index is 1.52. The molecule has 1 fully saturated rings. The van der Waals surface area contributed by atoms with E-state index in [-0.39, 0.29) is 17.3 Å². The number of aryl methyl sites for hydroxylation is 1. The van der Waals surface area contributed by atoms with Gasteiger partial charge in [-0.05, 0) is 30.0 Å². The molecule has 1 saturated heterocycles. The lowest BCUT2D eigenvalue weighted by Crippen LogP contribution is -2.41. The Hall–Kier alpha value is -2.11. The topological polar surface area (TPSA) is 88.6 Å². The number of aromatic nitrogens is 1. The highest BCUT2D eigenvalue weighted by Gasteiger charge is 2.28. The number of ether oxygens (including phenoxy) is 1. The Bertz CT molecular complexity index is 1130. The van der Waals surface area contributed by atoms with Crippen molar-refractivity contribution in [2.45, 2.75) is 18.4 Å². The molecule has 3 aromatic rings. The summed E-state index contributed by atoms with van der Waals surface area (Å²) >= 11 is 2.91. The maximum absolute atomic E-state index is 13.1. The van der Waals surface area contributed by atoms with Crippen molar-refractivity contribution in [2.75, 3.05) is 26.3 Å². The summed E-state index contributed by atoms with van der Waals surface area (Å²) in [4.78, 5) is 19.0. The van der Waals surface area contributed by atoms with Crippen molar-refractivity contribution in [2.24, 2.45) is 0 Å². The number of rotatable bonds is 6. The first-order chi connectivity index (χ1) is 14.5. The van der Waals surface area contributed by atoms with Gasteiger partial charge in [-0.1, -0.05) is 24.3 Å². The molecule has 1 aliphatic heterocycles. The van der Waals surface area contributed by atoms with Gasteiger partial charge >= 0.3 is 0 Å². The molecule has 30 heavy (non-hydrogen) atoms. The summed E-state index contributed by atoms with van der Waals surface area (Å²) in [5.41, 5.74) is 1.22. The highest BCUT2D eigenvalue weighted by molar-refractivity contribution is 7.89. The molecule has 1 N–H and O–H groups in total. The van der Waals surface area contributed by atoms with E-state index in [1.807, 2.05) is 17.5 Å². The largest absolute Gasteiger partial charge is 0.379 e. The van der Waals surface area contributed by atoms with E-state index in [4.69, 9.17) is 4.74 Å². The van der Waals surface area contributed by atoms with Crippen LogP contribution in [0.1, 0.15) is 20.9 Å². The van der Waals surface area contributed by atoms with Gasteiger partial charge in [-0.25, -0.2) is 13.4 Å². The molecule has 0 radical (unpaired) electrons. The zero-order valence-electron chi connectivity index (χ0n) is 16.3. The number of morpholine rings is 1. The van der Waals surface area contributed by atoms with Crippen molar-refractivity contribution in [3.63, 3.8) is 0 Å². The third-order valence-corrected chi connectivity index (χ3v) is 8.93. The number of thiophene rings is 1. The third kappa shape index (κ3) is 4.33. The SMILES string of the molecule is Cc1nc(-c2cccs2)sc1C(=O)NCc1ccccc1S(=O)(=O)N1CCOCC1. The van der Waals surface area contributed by atoms with E-state index in [0.29, 0.717) is 42.4 Å². The summed E-state index contributed by atoms with van der Waals surface area (Å²) < 4.78 is 32.8. The first kappa shape index (κ1) is 21.1. The van der Waals surface area contributed by atoms with Crippen LogP contribution in [0.5, 0.6) is 0 Å². The Morgan fingerprint density at radius 1 is 1.20 bits per heavy atom. The Labute approximate surface area is 183 Å². The summed E-state index contributed by atoms with van der Waals surface area (Å²) in [5, 5.41) is 5.64. The molecule has 0 atom stereocenters. The summed E-state index contributed by atoms with van der Waals surface area (Å²) in [6, 6.07) is 10.7. The summed E-state index contributed by atoms with van der Waals surface area (Å²) in [5.74, 6) is -0.258. The maximum atomic E-state index is 13.1. The van der Waals surface area contributed by atoms with Crippen molar-refractivity contribution in [1.29, 1.82) is 0 Å². The first-order valence-electron chi connectivity index (χ1n) is 9.42. The minimum atomic E-state index is -3.65. The summed E-state index contributed by atoms with van der Waals surface area (Å²) in [6.07, 6.45) is 0. The molecule has 1 amide bonds. The number of nitrogens with zero attached hydrogens (tertiary/aromatic N) is 2. The van der Waals surface area contributed by atoms with Gasteiger partial charge in [0.25, 0.3) is 5.91 Å². The fourth-order valence-electron chi connectivity index (χ4n) is 3.20. The van der Waals surface area contributed by atoms with Crippen molar-refractivity contribution >= 4 is 38.6 Å². The number of sulfonamides is 1. The van der Waals surface area contributed by atoms with Crippen LogP contribution in [-0.4, -0.2) is 49.9 Å². The van der Waals surface area contributed by atoms with E-state index in [1.54, 1.807) is 42.5 Å². The van der Waals surface area contributed by atoms with Gasteiger partial charge < -0.3 is 10.1 Å². The van der Waals surface area contributed by atoms with E-state index < -0.39 is 10.0 Å². The van der Waals surface area contributed by atoms with Crippen LogP contribution in [0.2, 0.25) is 0 Å². The fraction of sp³-hybridized carbons (Fsp3) is 0.300. The molecule has 0 unspecified atom stereocenters. The van der Waals surface area contributed by atoms with Gasteiger partial charge in [-0.15, -0.1) is 22.7 Å². The molecule has 2 aromatic heterocycles. The van der Waals surface area contributed by atoms with Crippen molar-refractivity contribution in [1.82, 2.24) is 14.6 Å². The van der Waals surface area contributed by atoms with Crippen molar-refractivity contribution < 1.29 is 17.9 Å². The third-order valence-electron chi connectivity index (χ3n) is 4.73. The number of hydrogen-bond donors (Lipinski definition) is 1. The monoisotopic (exact) mass is 463 g/mol. The molecule has 1 aromatic carbocycles. The summed E-state index contributed by atoms with van der Waals surface area (Å²) in [6.45, 7) is 3.34. The highest BCUT2D eigenvalue weighted by atomic mass is 32.2. The molecule has 0 saturated carbocycles. The quantitative estimate of drug-likeness (QED) is 0.607. The standard InChI is InChI=1S/C20H21N3O4S3/c1-14-18(29-20(22-14)16-6-4-12-28-16)19(24)21-13-15-5-2-3-7-17(15)30(25,26)23-8-10-27-11-9-23/h2-7,12H,8-11,13H2,1H3,(H,21,24). The second-order valence-corrected chi connectivity index (χ2v) is 10.6. The molecule has 158 valence electrons. The Morgan fingerprint density at radius 2 is 1.97 bits per heavy atom. The van der Waals surface area contributed by atoms with Gasteiger partial charge in [0.15, 0.2) is 0 Å². The number of carbonyl (C=O) groups excluding carboxylic acids is 1. The van der Waals surface area contributed by atoms with Crippen LogP contribution in [-0.2, 0) is 21.3 Å². The molecule has 3 heterocycles. The van der Waals surface area contributed by atoms with Crippen LogP contribution >= 0.6 is 22.7 Å². The second kappa shape index (κ2) is 8.94. The molecule has 7 nitrogen and oxygen atoms in total. The maximum Gasteiger partial charge on any atom is 0.263 e. The lowest BCUT2D eigenvalue weighted by Gasteiger charge is -2.27. The first-order valence-corrected chi connectivity index (χ1v) is 12.6. The molecule has 0 spiro atoms. The molecular weight excluding hydrogens is 442 g/mol. The van der Waals surface area contributed by atoms with E-state index in [9.17, 15) is 13.2 Å². The highest BCUT2D eigenvalue weighted by Crippen LogP contribution is 2.31. The Morgan fingerprint density at radius 3 is 2.70 bits per heavy atom. The molecule has 0 aliphatic carbocycles. The van der Waals surface area contributed by atoms with Crippen LogP contribution in [0, 0.1) is 6.92 Å². The van der Waals surface area contributed by atoms with E-state index in [2.05, 4.69) is 10.3 Å². The van der Waals surface area contributed by atoms with Crippen LogP contribution in [0.15, 0.2) is 46.7 Å². The van der Waals surface area contributed by atoms with Gasteiger partial charge in [0.05, 0.1) is 28.7 Å². The molecular formula is C20H21N3O4S3. The van der Waals surface area contributed by atoms with Crippen molar-refractivity contribution in [3.8, 4) is 9.88 Å². The number of nitrogens with one attached hydrogen (secondary N) is 1. The van der Waals surface area contributed by atoms with Gasteiger partial charge in [0, 0.05) is 19.6 Å². The van der Waals surface area contributed by atoms with Crippen molar-refractivity contribution in [3.05, 3.63) is 57.9 Å². The average Bonchev–Trinajstić information content (AvgIpc) is 3.42. The average molecular weight is 464 g/mol. The fourth-order valence-corrected chi connectivity index (χ4v) is 6.61. The van der Waals surface area contributed by atoms with E-state index in [1.165, 1.54) is 15.6 Å². The minimum Gasteiger partial charge on any atom is -0.379 e. The van der Waals surface area contributed by atoms with E-state index >= 15 is 0 Å². The number of thiazole rings is 1. The van der Waals surface area contributed by atoms with Crippen LogP contribution in [0.4, 0.5) is 0 Å². The minimum absolute atomic E-state index is 0.115. The molecule has 4 rings (SSSR count). The number of amides is 1. The van der Waals surface area contributed by atoms with Gasteiger partial charge in [0.1, 0.15) is 9.88 Å². The molecule has 10 heteroatoms. The molecule has 1 aliphatic rings. The lowest BCUT2D eigenvalue weighted by molar-refractivity contribution is 0.0730. The zero-order chi connectivity index (χ0) is 21.1. The zero-order valence-corrected chi connectivity index (χ0v) is 18.8. The van der Waals surface area contributed by atoms with Crippen LogP contribution < -0.4 is 5.32 Å². The van der Waals surface area contributed by atoms with E-state index in [0.717, 1.165) is 9.88 Å². The normalized spacial score (nSPS) is 15.2. The van der Waals surface area contributed by atoms with Crippen LogP contribution in [0.25, 0.3) is 9.88 Å². The lowest BCUT2D eigenvalue weighted by atomic mass is 10.2. The van der Waals surface area contributed by atoms with Gasteiger partial charge in [0.2, 0.25) is 10.0 Å². The predicted octanol–water partition coefficient (Wildman–Crippen LogP) is 3.13. The van der Waals surface area contributed by atoms with Gasteiger partial charge in [-0.2, -0.15) is 4.31 Å². The van der Waals surface area contributed by atoms with Crippen LogP contribution in [0.3, 0.4) is 0 Å². The predicted molar refractivity (Wildman–Crippen MR) is 117 cm³/mol. The number of benzene rings is 1. The van der Waals surface area contributed by atoms with Gasteiger partial charge in [-0.3, -0.25) is 4.79 Å². The number of carbonyl (C=O) groups is 1. The molecule has 0 bridgehead atoms. The number of hydrogen-bond acceptors (Lipinski definition) is 7.